The summed E-state index contributed by atoms with van der Waals surface area (Å²) in [5, 5.41) is 10.0. The number of nitrogens with zero attached hydrogens (tertiary/aromatic N) is 3. The molecule has 0 saturated carbocycles. The zero-order valence-corrected chi connectivity index (χ0v) is 17.4. The molecule has 2 heterocycles. The quantitative estimate of drug-likeness (QED) is 0.229. The molecule has 1 N–H and O–H groups in total. The Balaban J connectivity index is 1.96. The third kappa shape index (κ3) is 4.41. The van der Waals surface area contributed by atoms with Gasteiger partial charge in [0.2, 0.25) is 12.4 Å². The number of alkyl halides is 6. The van der Waals surface area contributed by atoms with E-state index in [2.05, 4.69) is 4.98 Å². The highest BCUT2D eigenvalue weighted by Gasteiger charge is 2.37. The molecule has 2 aromatic carbocycles. The van der Waals surface area contributed by atoms with Crippen LogP contribution in [0.15, 0.2) is 73.4 Å². The third-order valence-electron chi connectivity index (χ3n) is 5.10. The highest BCUT2D eigenvalue weighted by Crippen LogP contribution is 2.40. The van der Waals surface area contributed by atoms with E-state index >= 15 is 0 Å². The van der Waals surface area contributed by atoms with E-state index in [0.29, 0.717) is 33.7 Å². The third-order valence-corrected chi connectivity index (χ3v) is 5.10. The van der Waals surface area contributed by atoms with Gasteiger partial charge in [-0.3, -0.25) is 9.77 Å². The van der Waals surface area contributed by atoms with Gasteiger partial charge in [0.1, 0.15) is 11.4 Å². The number of benzene rings is 2. The number of hydrogen-bond donors (Lipinski definition) is 1. The van der Waals surface area contributed by atoms with Crippen molar-refractivity contribution in [3.05, 3.63) is 84.6 Å². The maximum Gasteiger partial charge on any atom is 0.416 e. The topological polar surface area (TPSA) is 51.2 Å². The Kier molecular flexibility index (Phi) is 5.72. The number of hydrogen-bond acceptors (Lipinski definition) is 3. The van der Waals surface area contributed by atoms with Crippen molar-refractivity contribution in [3.8, 4) is 33.8 Å². The van der Waals surface area contributed by atoms with Crippen LogP contribution in [0.5, 0.6) is 5.75 Å². The monoisotopic (exact) mass is 480 g/mol. The van der Waals surface area contributed by atoms with Crippen LogP contribution in [0.2, 0.25) is 0 Å². The van der Waals surface area contributed by atoms with Gasteiger partial charge in [0.15, 0.2) is 0 Å². The smallest absolute Gasteiger partial charge is 0.416 e. The number of pyridine rings is 1. The van der Waals surface area contributed by atoms with E-state index < -0.39 is 23.5 Å². The summed E-state index contributed by atoms with van der Waals surface area (Å²) in [5.74, 6) is 0.472. The average Bonchev–Trinajstić information content (AvgIpc) is 3.27. The highest BCUT2D eigenvalue weighted by molar-refractivity contribution is 5.78. The van der Waals surface area contributed by atoms with Crippen LogP contribution in [-0.2, 0) is 12.4 Å². The Bertz CT molecular complexity index is 1310. The van der Waals surface area contributed by atoms with Gasteiger partial charge in [-0.1, -0.05) is 18.2 Å². The maximum absolute atomic E-state index is 13.4. The van der Waals surface area contributed by atoms with Gasteiger partial charge in [-0.25, -0.2) is 4.98 Å². The summed E-state index contributed by atoms with van der Waals surface area (Å²) in [5.41, 5.74) is -1.96. The molecule has 4 rings (SSSR count). The summed E-state index contributed by atoms with van der Waals surface area (Å²) >= 11 is 0. The van der Waals surface area contributed by atoms with Gasteiger partial charge in [0.05, 0.1) is 36.5 Å². The summed E-state index contributed by atoms with van der Waals surface area (Å²) in [6, 6.07) is 9.74. The fourth-order valence-corrected chi connectivity index (χ4v) is 3.56. The second-order valence-corrected chi connectivity index (χ2v) is 7.27. The van der Waals surface area contributed by atoms with Crippen molar-refractivity contribution in [1.82, 2.24) is 9.55 Å². The van der Waals surface area contributed by atoms with Gasteiger partial charge in [0, 0.05) is 27.5 Å². The molecule has 0 spiro atoms. The second kappa shape index (κ2) is 8.40. The van der Waals surface area contributed by atoms with E-state index in [-0.39, 0.29) is 23.0 Å². The molecule has 0 radical (unpaired) electrons. The fourth-order valence-electron chi connectivity index (χ4n) is 3.56. The Morgan fingerprint density at radius 1 is 0.912 bits per heavy atom. The molecule has 0 aliphatic heterocycles. The Morgan fingerprint density at radius 2 is 1.56 bits per heavy atom. The minimum absolute atomic E-state index is 0.0426. The van der Waals surface area contributed by atoms with Crippen LogP contribution in [0, 0.1) is 0 Å². The number of aromatic nitrogens is 3. The van der Waals surface area contributed by atoms with Crippen molar-refractivity contribution in [1.29, 1.82) is 0 Å². The van der Waals surface area contributed by atoms with Crippen molar-refractivity contribution in [2.24, 2.45) is 0 Å². The highest BCUT2D eigenvalue weighted by atomic mass is 19.4. The molecule has 0 atom stereocenters. The molecule has 0 aliphatic rings. The largest absolute Gasteiger partial charge is 0.496 e. The molecule has 0 unspecified atom stereocenters. The van der Waals surface area contributed by atoms with E-state index in [1.54, 1.807) is 24.3 Å². The van der Waals surface area contributed by atoms with E-state index in [1.807, 2.05) is 0 Å². The molecule has 34 heavy (non-hydrogen) atoms. The zero-order valence-electron chi connectivity index (χ0n) is 17.4. The maximum atomic E-state index is 13.4. The molecule has 0 fully saturated rings. The molecule has 0 bridgehead atoms. The minimum Gasteiger partial charge on any atom is -0.496 e. The van der Waals surface area contributed by atoms with Crippen molar-refractivity contribution in [2.45, 2.75) is 12.4 Å². The van der Waals surface area contributed by atoms with Crippen molar-refractivity contribution in [2.75, 3.05) is 7.11 Å². The van der Waals surface area contributed by atoms with Crippen LogP contribution in [0.25, 0.3) is 28.1 Å². The first-order valence-electron chi connectivity index (χ1n) is 9.69. The van der Waals surface area contributed by atoms with Gasteiger partial charge in [-0.05, 0) is 24.3 Å². The molecule has 0 aliphatic carbocycles. The molecule has 0 amide bonds. The summed E-state index contributed by atoms with van der Waals surface area (Å²) < 4.78 is 87.7. The van der Waals surface area contributed by atoms with Crippen molar-refractivity contribution in [3.63, 3.8) is 0 Å². The van der Waals surface area contributed by atoms with E-state index in [4.69, 9.17) is 4.74 Å². The SMILES string of the molecule is COc1ccccc1-c1cc[n+](O)cc1-n1cncc1-c1cc(C(F)(F)F)cc(C(F)(F)F)c1. The predicted octanol–water partition coefficient (Wildman–Crippen LogP) is 5.78. The zero-order chi connectivity index (χ0) is 24.7. The lowest BCUT2D eigenvalue weighted by molar-refractivity contribution is -0.904. The first-order chi connectivity index (χ1) is 16.0. The molecule has 4 aromatic rings. The van der Waals surface area contributed by atoms with Gasteiger partial charge in [0.25, 0.3) is 0 Å². The van der Waals surface area contributed by atoms with E-state index in [9.17, 15) is 31.5 Å². The van der Waals surface area contributed by atoms with Crippen LogP contribution in [-0.4, -0.2) is 21.9 Å². The fraction of sp³-hybridized carbons (Fsp3) is 0.130. The van der Waals surface area contributed by atoms with Crippen LogP contribution >= 0.6 is 0 Å². The minimum atomic E-state index is -5.00. The standard InChI is InChI=1S/C23H16F6N3O2/c1-34-21-5-3-2-4-18(21)17-6-7-31(33)12-20(17)32-13-30-11-19(32)14-8-15(22(24,25)26)10-16(9-14)23(27,28)29/h2-13,33H,1H3/q+1. The van der Waals surface area contributed by atoms with Crippen LogP contribution in [0.1, 0.15) is 11.1 Å². The van der Waals surface area contributed by atoms with Gasteiger partial charge in [-0.2, -0.15) is 26.3 Å². The first-order valence-corrected chi connectivity index (χ1v) is 9.69. The van der Waals surface area contributed by atoms with Gasteiger partial charge >= 0.3 is 12.4 Å². The van der Waals surface area contributed by atoms with Gasteiger partial charge in [-0.15, -0.1) is 0 Å². The number of rotatable bonds is 4. The Labute approximate surface area is 189 Å². The van der Waals surface area contributed by atoms with Crippen LogP contribution in [0.3, 0.4) is 0 Å². The molecule has 11 heteroatoms. The number of ether oxygens (including phenoxy) is 1. The van der Waals surface area contributed by atoms with Crippen LogP contribution < -0.4 is 9.47 Å². The molecule has 5 nitrogen and oxygen atoms in total. The number of methoxy groups -OCH3 is 1. The summed E-state index contributed by atoms with van der Waals surface area (Å²) in [7, 11) is 1.46. The van der Waals surface area contributed by atoms with Gasteiger partial charge < -0.3 is 4.74 Å². The molecule has 2 aromatic heterocycles. The summed E-state index contributed by atoms with van der Waals surface area (Å²) in [6.07, 6.45) is -5.03. The number of imidazole rings is 1. The molecule has 176 valence electrons. The molecule has 0 saturated heterocycles. The summed E-state index contributed by atoms with van der Waals surface area (Å²) in [4.78, 5) is 3.94. The lowest BCUT2D eigenvalue weighted by atomic mass is 10.0. The average molecular weight is 480 g/mol. The van der Waals surface area contributed by atoms with Crippen molar-refractivity contribution < 1.29 is 41.0 Å². The van der Waals surface area contributed by atoms with Crippen LogP contribution in [0.4, 0.5) is 26.3 Å². The van der Waals surface area contributed by atoms with E-state index in [1.165, 1.54) is 36.5 Å². The summed E-state index contributed by atoms with van der Waals surface area (Å²) in [6.45, 7) is 0. The predicted molar refractivity (Wildman–Crippen MR) is 108 cm³/mol. The lowest BCUT2D eigenvalue weighted by Gasteiger charge is -2.16. The lowest BCUT2D eigenvalue weighted by Crippen LogP contribution is -2.29. The van der Waals surface area contributed by atoms with E-state index in [0.717, 1.165) is 6.20 Å². The Hall–Kier alpha value is -4.02. The van der Waals surface area contributed by atoms with Crippen molar-refractivity contribution >= 4 is 0 Å². The number of halogens is 6. The molecular formula is C23H16F6N3O2+. The normalized spacial score (nSPS) is 12.1. The second-order valence-electron chi connectivity index (χ2n) is 7.27. The Morgan fingerprint density at radius 3 is 2.18 bits per heavy atom. The molecular weight excluding hydrogens is 464 g/mol. The first kappa shape index (κ1) is 23.1. The number of para-hydroxylation sites is 1.